The summed E-state index contributed by atoms with van der Waals surface area (Å²) >= 11 is 11.1. The maximum atomic E-state index is 8.49. The highest BCUT2D eigenvalue weighted by Crippen LogP contribution is 2.44. The van der Waals surface area contributed by atoms with Crippen molar-refractivity contribution >= 4 is 79.1 Å². The van der Waals surface area contributed by atoms with Crippen LogP contribution < -0.4 is 18.6 Å². The van der Waals surface area contributed by atoms with E-state index in [2.05, 4.69) is 55.2 Å². The summed E-state index contributed by atoms with van der Waals surface area (Å²) in [6.07, 6.45) is 10.9. The second kappa shape index (κ2) is 10.8. The van der Waals surface area contributed by atoms with E-state index in [0.717, 1.165) is 0 Å². The molecule has 3 rings (SSSR count). The molecule has 0 atom stereocenters. The minimum atomic E-state index is -4.94. The lowest BCUT2D eigenvalue weighted by molar-refractivity contribution is -2.00. The van der Waals surface area contributed by atoms with Crippen molar-refractivity contribution in [2.75, 3.05) is 18.8 Å². The number of hydrogen-bond acceptors (Lipinski definition) is 9. The Morgan fingerprint density at radius 1 is 0.889 bits per heavy atom. The van der Waals surface area contributed by atoms with E-state index in [-0.39, 0.29) is 0 Å². The molecule has 4 nitrogen and oxygen atoms in total. The van der Waals surface area contributed by atoms with Crippen LogP contribution in [0, 0.1) is 10.2 Å². The third-order valence-electron chi connectivity index (χ3n) is 3.09. The number of thiophene rings is 2. The molecule has 0 amide bonds. The quantitative estimate of drug-likeness (QED) is 0.357. The summed E-state index contributed by atoms with van der Waals surface area (Å²) in [5.74, 6) is 0. The van der Waals surface area contributed by atoms with E-state index in [1.54, 1.807) is 0 Å². The molecular weight excluding hydrogens is 484 g/mol. The van der Waals surface area contributed by atoms with Crippen LogP contribution in [0.1, 0.15) is 9.75 Å². The molecular formula is C16H15ClO4S6. The smallest absolute Gasteiger partial charge is 0.222 e. The summed E-state index contributed by atoms with van der Waals surface area (Å²) in [5.41, 5.74) is 1.39. The van der Waals surface area contributed by atoms with Gasteiger partial charge in [-0.1, -0.05) is 0 Å². The van der Waals surface area contributed by atoms with E-state index in [9.17, 15) is 0 Å². The minimum absolute atomic E-state index is 1.37. The van der Waals surface area contributed by atoms with Gasteiger partial charge in [-0.05, 0) is 54.6 Å². The SMILES string of the molecule is CSc1ccc(C(=C2C=CC(=[S+]C)S2)c2ccc(SC)s2)s1.[O-][Cl+3]([O-])([O-])[O-]. The monoisotopic (exact) mass is 498 g/mol. The van der Waals surface area contributed by atoms with Crippen molar-refractivity contribution in [1.29, 1.82) is 0 Å². The molecule has 0 radical (unpaired) electrons. The third kappa shape index (κ3) is 7.48. The lowest BCUT2D eigenvalue weighted by atomic mass is 10.1. The third-order valence-corrected chi connectivity index (χ3v) is 9.64. The van der Waals surface area contributed by atoms with Crippen LogP contribution in [0.25, 0.3) is 5.57 Å². The topological polar surface area (TPSA) is 92.2 Å². The summed E-state index contributed by atoms with van der Waals surface area (Å²) in [7, 11) is -4.94. The van der Waals surface area contributed by atoms with Gasteiger partial charge in [-0.3, -0.25) is 0 Å². The number of rotatable bonds is 4. The Labute approximate surface area is 185 Å². The molecule has 146 valence electrons. The van der Waals surface area contributed by atoms with Gasteiger partial charge in [0.15, 0.2) is 17.6 Å². The molecule has 0 unspecified atom stereocenters. The fourth-order valence-corrected chi connectivity index (χ4v) is 7.10. The molecule has 27 heavy (non-hydrogen) atoms. The van der Waals surface area contributed by atoms with Crippen molar-refractivity contribution in [2.24, 2.45) is 0 Å². The zero-order chi connectivity index (χ0) is 20.0. The van der Waals surface area contributed by atoms with Crippen LogP contribution in [0.2, 0.25) is 0 Å². The average molecular weight is 499 g/mol. The first kappa shape index (κ1) is 23.4. The van der Waals surface area contributed by atoms with Gasteiger partial charge < -0.3 is 0 Å². The summed E-state index contributed by atoms with van der Waals surface area (Å²) in [4.78, 5) is 4.11. The lowest BCUT2D eigenvalue weighted by Gasteiger charge is -2.17. The van der Waals surface area contributed by atoms with Crippen molar-refractivity contribution in [3.63, 3.8) is 0 Å². The zero-order valence-electron chi connectivity index (χ0n) is 14.4. The average Bonchev–Trinajstić information content (AvgIpc) is 3.35. The van der Waals surface area contributed by atoms with E-state index < -0.39 is 10.2 Å². The van der Waals surface area contributed by atoms with Gasteiger partial charge in [0.05, 0.1) is 8.42 Å². The summed E-state index contributed by atoms with van der Waals surface area (Å²) in [6.45, 7) is 0. The molecule has 0 spiro atoms. The Balaban J connectivity index is 0.000000465. The van der Waals surface area contributed by atoms with Crippen LogP contribution in [0.4, 0.5) is 0 Å². The van der Waals surface area contributed by atoms with Crippen molar-refractivity contribution in [3.8, 4) is 0 Å². The van der Waals surface area contributed by atoms with Gasteiger partial charge in [0.25, 0.3) is 4.20 Å². The van der Waals surface area contributed by atoms with Crippen LogP contribution in [0.3, 0.4) is 0 Å². The highest BCUT2D eigenvalue weighted by atomic mass is 35.7. The van der Waals surface area contributed by atoms with Gasteiger partial charge in [0, 0.05) is 26.3 Å². The largest absolute Gasteiger partial charge is 0.262 e. The molecule has 3 heterocycles. The zero-order valence-corrected chi connectivity index (χ0v) is 20.1. The Bertz CT molecular complexity index is 812. The highest BCUT2D eigenvalue weighted by molar-refractivity contribution is 8.26. The predicted octanol–water partition coefficient (Wildman–Crippen LogP) is 1.40. The van der Waals surface area contributed by atoms with E-state index in [1.807, 2.05) is 69.3 Å². The van der Waals surface area contributed by atoms with Crippen molar-refractivity contribution in [3.05, 3.63) is 51.1 Å². The van der Waals surface area contributed by atoms with Crippen LogP contribution >= 0.6 is 58.0 Å². The number of halogens is 1. The first-order valence-corrected chi connectivity index (χ1v) is 14.5. The Morgan fingerprint density at radius 3 is 1.70 bits per heavy atom. The normalized spacial score (nSPS) is 15.2. The first-order valence-electron chi connectivity index (χ1n) is 7.16. The standard InChI is InChI=1S/C16H15S6.ClHO4/c1-17-13-7-4-10(20-13)16(11-5-8-14(18-2)21-11)12-6-9-15(19-3)22-12;2-1(3,4)5/h4-9H,1-3H3;(H,2,3,4,5)/q+1;/p-1. The lowest BCUT2D eigenvalue weighted by Crippen LogP contribution is -2.68. The van der Waals surface area contributed by atoms with E-state index in [0.29, 0.717) is 0 Å². The van der Waals surface area contributed by atoms with Gasteiger partial charge in [-0.2, -0.15) is 0 Å². The number of hydrogen-bond donors (Lipinski definition) is 0. The number of allylic oxidation sites excluding steroid dienone is 1. The van der Waals surface area contributed by atoms with Crippen molar-refractivity contribution in [1.82, 2.24) is 0 Å². The van der Waals surface area contributed by atoms with Crippen LogP contribution in [0.5, 0.6) is 0 Å². The maximum Gasteiger partial charge on any atom is 0.262 e. The molecule has 2 aromatic heterocycles. The van der Waals surface area contributed by atoms with Crippen molar-refractivity contribution < 1.29 is 28.9 Å². The summed E-state index contributed by atoms with van der Waals surface area (Å²) < 4.78 is 38.1. The van der Waals surface area contributed by atoms with E-state index in [1.165, 1.54) is 32.8 Å². The molecule has 0 aliphatic carbocycles. The first-order chi connectivity index (χ1) is 12.7. The molecule has 0 saturated carbocycles. The minimum Gasteiger partial charge on any atom is -0.222 e. The fraction of sp³-hybridized carbons (Fsp3) is 0.188. The molecule has 0 fully saturated rings. The van der Waals surface area contributed by atoms with Crippen LogP contribution in [-0.2, 0) is 11.4 Å². The summed E-state index contributed by atoms with van der Waals surface area (Å²) in [5, 5.41) is 0. The van der Waals surface area contributed by atoms with Crippen molar-refractivity contribution in [2.45, 2.75) is 8.42 Å². The van der Waals surface area contributed by atoms with Gasteiger partial charge in [-0.15, -0.1) is 56.4 Å². The molecule has 1 aliphatic rings. The Morgan fingerprint density at radius 2 is 1.37 bits per heavy atom. The maximum absolute atomic E-state index is 8.49. The molecule has 1 aliphatic heterocycles. The molecule has 0 aromatic carbocycles. The second-order valence-corrected chi connectivity index (χ2v) is 12.0. The Kier molecular flexibility index (Phi) is 9.36. The van der Waals surface area contributed by atoms with E-state index in [4.69, 9.17) is 18.6 Å². The van der Waals surface area contributed by atoms with Gasteiger partial charge in [0.2, 0.25) is 0 Å². The van der Waals surface area contributed by atoms with E-state index >= 15 is 0 Å². The Hall–Kier alpha value is 0.150. The van der Waals surface area contributed by atoms with Crippen LogP contribution in [0.15, 0.2) is 49.7 Å². The fourth-order valence-electron chi connectivity index (χ4n) is 2.06. The molecule has 11 heteroatoms. The summed E-state index contributed by atoms with van der Waals surface area (Å²) in [6, 6.07) is 9.00. The molecule has 0 bridgehead atoms. The predicted molar refractivity (Wildman–Crippen MR) is 113 cm³/mol. The van der Waals surface area contributed by atoms with Crippen LogP contribution in [-0.4, -0.2) is 23.0 Å². The van der Waals surface area contributed by atoms with Gasteiger partial charge in [-0.25, -0.2) is 18.6 Å². The highest BCUT2D eigenvalue weighted by Gasteiger charge is 2.22. The molecule has 0 N–H and O–H groups in total. The molecule has 0 saturated heterocycles. The number of thioether (sulfide) groups is 3. The van der Waals surface area contributed by atoms with Gasteiger partial charge in [0.1, 0.15) is 0 Å². The molecule has 2 aromatic rings. The second-order valence-electron chi connectivity index (χ2n) is 4.72. The van der Waals surface area contributed by atoms with Gasteiger partial charge >= 0.3 is 0 Å².